The molecule has 5 nitrogen and oxygen atoms in total. The summed E-state index contributed by atoms with van der Waals surface area (Å²) < 4.78 is 27.3. The fourth-order valence-electron chi connectivity index (χ4n) is 3.89. The van der Waals surface area contributed by atoms with Crippen LogP contribution in [-0.2, 0) is 14.8 Å². The summed E-state index contributed by atoms with van der Waals surface area (Å²) in [5, 5.41) is 4.99. The Balaban J connectivity index is 1.44. The molecule has 1 N–H and O–H groups in total. The average Bonchev–Trinajstić information content (AvgIpc) is 3.08. The van der Waals surface area contributed by atoms with Gasteiger partial charge in [-0.3, -0.25) is 4.79 Å². The first kappa shape index (κ1) is 21.3. The summed E-state index contributed by atoms with van der Waals surface area (Å²) in [6, 6.07) is 20.4. The largest absolute Gasteiger partial charge is 0.323 e. The topological polar surface area (TPSA) is 66.5 Å². The second-order valence-electron chi connectivity index (χ2n) is 7.73. The van der Waals surface area contributed by atoms with E-state index >= 15 is 0 Å². The summed E-state index contributed by atoms with van der Waals surface area (Å²) >= 11 is 0. The van der Waals surface area contributed by atoms with Crippen LogP contribution in [0.3, 0.4) is 0 Å². The molecule has 6 heteroatoms. The second kappa shape index (κ2) is 9.45. The predicted octanol–water partition coefficient (Wildman–Crippen LogP) is 5.06. The molecule has 1 amide bonds. The molecule has 0 aliphatic carbocycles. The molecule has 1 aliphatic heterocycles. The van der Waals surface area contributed by atoms with E-state index in [1.54, 1.807) is 34.6 Å². The molecule has 1 saturated heterocycles. The van der Waals surface area contributed by atoms with Gasteiger partial charge < -0.3 is 5.32 Å². The number of sulfonamides is 1. The zero-order valence-corrected chi connectivity index (χ0v) is 18.1. The third kappa shape index (κ3) is 5.03. The Morgan fingerprint density at radius 1 is 0.839 bits per heavy atom. The number of fused-ring (bicyclic) bond motifs is 1. The van der Waals surface area contributed by atoms with Crippen molar-refractivity contribution in [2.45, 2.75) is 30.6 Å². The van der Waals surface area contributed by atoms with Crippen LogP contribution in [0.2, 0.25) is 0 Å². The zero-order valence-electron chi connectivity index (χ0n) is 17.3. The lowest BCUT2D eigenvalue weighted by atomic mass is 10.0. The van der Waals surface area contributed by atoms with Crippen molar-refractivity contribution < 1.29 is 13.2 Å². The molecule has 0 bridgehead atoms. The number of nitrogens with one attached hydrogen (secondary N) is 1. The van der Waals surface area contributed by atoms with Crippen LogP contribution < -0.4 is 5.32 Å². The number of benzene rings is 3. The van der Waals surface area contributed by atoms with Crippen molar-refractivity contribution in [2.75, 3.05) is 18.4 Å². The lowest BCUT2D eigenvalue weighted by molar-refractivity contribution is -0.111. The van der Waals surface area contributed by atoms with E-state index in [1.807, 2.05) is 42.5 Å². The van der Waals surface area contributed by atoms with Crippen LogP contribution in [0.25, 0.3) is 16.8 Å². The summed E-state index contributed by atoms with van der Waals surface area (Å²) in [5.74, 6) is -0.268. The lowest BCUT2D eigenvalue weighted by Gasteiger charge is -2.20. The Hall–Kier alpha value is -2.96. The van der Waals surface area contributed by atoms with Gasteiger partial charge in [0.1, 0.15) is 0 Å². The minimum Gasteiger partial charge on any atom is -0.323 e. The first-order valence-corrected chi connectivity index (χ1v) is 12.1. The SMILES string of the molecule is O=C(/C=C/c1cccc2ccccc12)Nc1ccc(S(=O)(=O)N2CCCCCC2)cc1. The van der Waals surface area contributed by atoms with E-state index < -0.39 is 10.0 Å². The standard InChI is InChI=1S/C25H26N2O3S/c28-25(17-12-21-10-7-9-20-8-3-4-11-24(20)21)26-22-13-15-23(16-14-22)31(29,30)27-18-5-1-2-6-19-27/h3-4,7-17H,1-2,5-6,18-19H2,(H,26,28)/b17-12+. The van der Waals surface area contributed by atoms with Crippen LogP contribution in [0.15, 0.2) is 77.7 Å². The molecule has 0 aromatic heterocycles. The van der Waals surface area contributed by atoms with Gasteiger partial charge in [-0.1, -0.05) is 55.3 Å². The van der Waals surface area contributed by atoms with Crippen molar-refractivity contribution in [3.8, 4) is 0 Å². The Kier molecular flexibility index (Phi) is 6.49. The first-order chi connectivity index (χ1) is 15.0. The normalized spacial score (nSPS) is 15.7. The van der Waals surface area contributed by atoms with Crippen LogP contribution in [0.1, 0.15) is 31.2 Å². The van der Waals surface area contributed by atoms with E-state index in [-0.39, 0.29) is 10.8 Å². The van der Waals surface area contributed by atoms with E-state index in [0.717, 1.165) is 42.0 Å². The Morgan fingerprint density at radius 2 is 1.52 bits per heavy atom. The van der Waals surface area contributed by atoms with Gasteiger partial charge in [0.15, 0.2) is 0 Å². The molecule has 0 spiro atoms. The van der Waals surface area contributed by atoms with E-state index in [0.29, 0.717) is 18.8 Å². The van der Waals surface area contributed by atoms with Crippen molar-refractivity contribution in [1.29, 1.82) is 0 Å². The van der Waals surface area contributed by atoms with Gasteiger partial charge in [0, 0.05) is 24.9 Å². The van der Waals surface area contributed by atoms with Gasteiger partial charge in [0.25, 0.3) is 0 Å². The minimum atomic E-state index is -3.49. The minimum absolute atomic E-state index is 0.263. The number of nitrogens with zero attached hydrogens (tertiary/aromatic N) is 1. The molecule has 1 heterocycles. The van der Waals surface area contributed by atoms with Gasteiger partial charge in [0.2, 0.25) is 15.9 Å². The second-order valence-corrected chi connectivity index (χ2v) is 9.67. The number of rotatable bonds is 5. The molecule has 3 aromatic carbocycles. The van der Waals surface area contributed by atoms with Crippen LogP contribution in [-0.4, -0.2) is 31.7 Å². The van der Waals surface area contributed by atoms with Crippen molar-refractivity contribution in [1.82, 2.24) is 4.31 Å². The van der Waals surface area contributed by atoms with Crippen molar-refractivity contribution in [2.24, 2.45) is 0 Å². The molecule has 4 rings (SSSR count). The monoisotopic (exact) mass is 434 g/mol. The molecule has 1 fully saturated rings. The third-order valence-electron chi connectivity index (χ3n) is 5.56. The first-order valence-electron chi connectivity index (χ1n) is 10.6. The lowest BCUT2D eigenvalue weighted by Crippen LogP contribution is -2.31. The van der Waals surface area contributed by atoms with Gasteiger partial charge in [0.05, 0.1) is 4.90 Å². The Morgan fingerprint density at radius 3 is 2.26 bits per heavy atom. The summed E-state index contributed by atoms with van der Waals surface area (Å²) in [6.07, 6.45) is 7.22. The van der Waals surface area contributed by atoms with Crippen LogP contribution in [0.5, 0.6) is 0 Å². The molecule has 160 valence electrons. The number of amides is 1. The molecule has 31 heavy (non-hydrogen) atoms. The average molecular weight is 435 g/mol. The van der Waals surface area contributed by atoms with E-state index in [1.165, 1.54) is 6.08 Å². The molecule has 0 radical (unpaired) electrons. The van der Waals surface area contributed by atoms with Crippen LogP contribution in [0, 0.1) is 0 Å². The van der Waals surface area contributed by atoms with Crippen LogP contribution in [0.4, 0.5) is 5.69 Å². The maximum atomic E-state index is 12.9. The fraction of sp³-hybridized carbons (Fsp3) is 0.240. The maximum absolute atomic E-state index is 12.9. The number of carbonyl (C=O) groups excluding carboxylic acids is 1. The van der Waals surface area contributed by atoms with E-state index in [9.17, 15) is 13.2 Å². The predicted molar refractivity (Wildman–Crippen MR) is 125 cm³/mol. The van der Waals surface area contributed by atoms with Crippen molar-refractivity contribution in [3.63, 3.8) is 0 Å². The highest BCUT2D eigenvalue weighted by molar-refractivity contribution is 7.89. The third-order valence-corrected chi connectivity index (χ3v) is 7.48. The molecule has 0 unspecified atom stereocenters. The highest BCUT2D eigenvalue weighted by Crippen LogP contribution is 2.22. The Labute approximate surface area is 183 Å². The van der Waals surface area contributed by atoms with Gasteiger partial charge in [-0.05, 0) is 59.5 Å². The summed E-state index contributed by atoms with van der Waals surface area (Å²) in [4.78, 5) is 12.6. The number of carbonyl (C=O) groups is 1. The van der Waals surface area contributed by atoms with E-state index in [4.69, 9.17) is 0 Å². The summed E-state index contributed by atoms with van der Waals surface area (Å²) in [6.45, 7) is 1.14. The molecule has 0 saturated carbocycles. The van der Waals surface area contributed by atoms with Gasteiger partial charge in [-0.2, -0.15) is 4.31 Å². The van der Waals surface area contributed by atoms with Crippen LogP contribution >= 0.6 is 0 Å². The smallest absolute Gasteiger partial charge is 0.248 e. The van der Waals surface area contributed by atoms with Gasteiger partial charge >= 0.3 is 0 Å². The summed E-state index contributed by atoms with van der Waals surface area (Å²) in [5.41, 5.74) is 1.52. The zero-order chi connectivity index (χ0) is 21.7. The van der Waals surface area contributed by atoms with Crippen molar-refractivity contribution in [3.05, 3.63) is 78.4 Å². The molecule has 1 aliphatic rings. The molecule has 3 aromatic rings. The highest BCUT2D eigenvalue weighted by Gasteiger charge is 2.24. The number of hydrogen-bond acceptors (Lipinski definition) is 3. The molecular weight excluding hydrogens is 408 g/mol. The highest BCUT2D eigenvalue weighted by atomic mass is 32.2. The Bertz CT molecular complexity index is 1190. The number of anilines is 1. The molecule has 0 atom stereocenters. The van der Waals surface area contributed by atoms with Gasteiger partial charge in [-0.15, -0.1) is 0 Å². The quantitative estimate of drug-likeness (QED) is 0.571. The fourth-order valence-corrected chi connectivity index (χ4v) is 5.40. The van der Waals surface area contributed by atoms with E-state index in [2.05, 4.69) is 5.32 Å². The summed E-state index contributed by atoms with van der Waals surface area (Å²) in [7, 11) is -3.49. The maximum Gasteiger partial charge on any atom is 0.248 e. The van der Waals surface area contributed by atoms with Gasteiger partial charge in [-0.25, -0.2) is 8.42 Å². The number of hydrogen-bond donors (Lipinski definition) is 1. The molecular formula is C25H26N2O3S. The van der Waals surface area contributed by atoms with Crippen molar-refractivity contribution >= 4 is 38.5 Å².